The largest absolute Gasteiger partial charge is 0.545 e. The van der Waals surface area contributed by atoms with Crippen LogP contribution < -0.4 is 9.83 Å². The second-order valence-electron chi connectivity index (χ2n) is 3.90. The molecule has 0 spiro atoms. The third-order valence-electron chi connectivity index (χ3n) is 2.50. The highest BCUT2D eigenvalue weighted by atomic mass is 35.5. The molecule has 0 fully saturated rings. The van der Waals surface area contributed by atoms with E-state index in [-0.39, 0.29) is 21.2 Å². The number of aromatic carboxylic acids is 1. The summed E-state index contributed by atoms with van der Waals surface area (Å²) in [4.78, 5) is 10.6. The van der Waals surface area contributed by atoms with Crippen molar-refractivity contribution in [3.8, 4) is 0 Å². The molecule has 20 heavy (non-hydrogen) atoms. The number of carboxylic acids is 1. The van der Waals surface area contributed by atoms with E-state index >= 15 is 0 Å². The molecule has 0 aliphatic rings. The number of carbonyl (C=O) groups is 1. The van der Waals surface area contributed by atoms with Crippen molar-refractivity contribution >= 4 is 33.3 Å². The predicted octanol–water partition coefficient (Wildman–Crippen LogP) is 1.50. The van der Waals surface area contributed by atoms with Crippen molar-refractivity contribution in [3.05, 3.63) is 59.1 Å². The van der Waals surface area contributed by atoms with E-state index in [2.05, 4.69) is 4.72 Å². The average molecular weight is 311 g/mol. The molecule has 0 aromatic heterocycles. The van der Waals surface area contributed by atoms with Crippen LogP contribution in [0.15, 0.2) is 53.4 Å². The molecule has 1 N–H and O–H groups in total. The number of carboxylic acid groups (broad SMARTS) is 1. The Hall–Kier alpha value is -2.05. The lowest BCUT2D eigenvalue weighted by Crippen LogP contribution is -2.23. The molecule has 2 rings (SSSR count). The lowest BCUT2D eigenvalue weighted by atomic mass is 10.2. The van der Waals surface area contributed by atoms with Crippen LogP contribution in [0.25, 0.3) is 0 Å². The molecule has 0 aliphatic carbocycles. The first kappa shape index (κ1) is 14.4. The second kappa shape index (κ2) is 5.52. The Morgan fingerprint density at radius 1 is 1.10 bits per heavy atom. The van der Waals surface area contributed by atoms with E-state index in [4.69, 9.17) is 11.6 Å². The van der Waals surface area contributed by atoms with Crippen molar-refractivity contribution in [1.29, 1.82) is 0 Å². The topological polar surface area (TPSA) is 86.3 Å². The highest BCUT2D eigenvalue weighted by molar-refractivity contribution is 7.92. The number of hydrogen-bond acceptors (Lipinski definition) is 4. The van der Waals surface area contributed by atoms with Crippen molar-refractivity contribution in [1.82, 2.24) is 0 Å². The molecule has 7 heteroatoms. The van der Waals surface area contributed by atoms with Crippen LogP contribution in [-0.2, 0) is 10.0 Å². The van der Waals surface area contributed by atoms with Gasteiger partial charge in [0, 0.05) is 0 Å². The lowest BCUT2D eigenvalue weighted by molar-refractivity contribution is -0.255. The SMILES string of the molecule is O=C([O-])c1cccc(S(=O)(=O)Nc2ccccc2Cl)c1. The quantitative estimate of drug-likeness (QED) is 0.927. The maximum atomic E-state index is 12.1. The van der Waals surface area contributed by atoms with Crippen molar-refractivity contribution in [2.24, 2.45) is 0 Å². The fourth-order valence-electron chi connectivity index (χ4n) is 1.54. The summed E-state index contributed by atoms with van der Waals surface area (Å²) in [5.41, 5.74) is 0.0000494. The summed E-state index contributed by atoms with van der Waals surface area (Å²) < 4.78 is 26.6. The molecule has 104 valence electrons. The summed E-state index contributed by atoms with van der Waals surface area (Å²) in [5.74, 6) is -1.44. The van der Waals surface area contributed by atoms with Gasteiger partial charge < -0.3 is 9.90 Å². The zero-order valence-electron chi connectivity index (χ0n) is 10.0. The molecule has 0 bridgehead atoms. The number of rotatable bonds is 4. The molecule has 0 atom stereocenters. The van der Waals surface area contributed by atoms with E-state index in [1.807, 2.05) is 0 Å². The molecular weight excluding hydrogens is 302 g/mol. The Morgan fingerprint density at radius 3 is 2.45 bits per heavy atom. The summed E-state index contributed by atoms with van der Waals surface area (Å²) in [6, 6.07) is 11.2. The van der Waals surface area contributed by atoms with E-state index in [0.29, 0.717) is 0 Å². The Bertz CT molecular complexity index is 758. The first-order valence-electron chi connectivity index (χ1n) is 5.49. The molecular formula is C13H9ClNO4S-. The normalized spacial score (nSPS) is 11.1. The summed E-state index contributed by atoms with van der Waals surface area (Å²) in [6.07, 6.45) is 0. The smallest absolute Gasteiger partial charge is 0.261 e. The van der Waals surface area contributed by atoms with Crippen LogP contribution in [0.2, 0.25) is 5.02 Å². The summed E-state index contributed by atoms with van der Waals surface area (Å²) >= 11 is 5.87. The minimum absolute atomic E-state index is 0.181. The third kappa shape index (κ3) is 3.09. The highest BCUT2D eigenvalue weighted by Gasteiger charge is 2.16. The van der Waals surface area contributed by atoms with Gasteiger partial charge in [-0.1, -0.05) is 35.9 Å². The monoisotopic (exact) mass is 310 g/mol. The van der Waals surface area contributed by atoms with E-state index in [0.717, 1.165) is 6.07 Å². The predicted molar refractivity (Wildman–Crippen MR) is 73.0 cm³/mol. The van der Waals surface area contributed by atoms with E-state index < -0.39 is 16.0 Å². The maximum absolute atomic E-state index is 12.1. The van der Waals surface area contributed by atoms with E-state index in [9.17, 15) is 18.3 Å². The van der Waals surface area contributed by atoms with Gasteiger partial charge in [0.1, 0.15) is 0 Å². The van der Waals surface area contributed by atoms with Gasteiger partial charge in [0.05, 0.1) is 21.6 Å². The molecule has 2 aromatic carbocycles. The van der Waals surface area contributed by atoms with Gasteiger partial charge in [-0.05, 0) is 29.8 Å². The van der Waals surface area contributed by atoms with Crippen LogP contribution in [0.3, 0.4) is 0 Å². The Kier molecular flexibility index (Phi) is 3.96. The number of halogens is 1. The number of anilines is 1. The van der Waals surface area contributed by atoms with Gasteiger partial charge in [-0.3, -0.25) is 4.72 Å². The van der Waals surface area contributed by atoms with Crippen molar-refractivity contribution in [2.45, 2.75) is 4.90 Å². The molecule has 0 aliphatic heterocycles. The molecule has 0 unspecified atom stereocenters. The Labute approximate surface area is 120 Å². The first-order chi connectivity index (χ1) is 9.40. The van der Waals surface area contributed by atoms with Crippen molar-refractivity contribution in [3.63, 3.8) is 0 Å². The van der Waals surface area contributed by atoms with Gasteiger partial charge in [-0.15, -0.1) is 0 Å². The number of nitrogens with one attached hydrogen (secondary N) is 1. The molecule has 5 nitrogen and oxygen atoms in total. The number of carbonyl (C=O) groups excluding carboxylic acids is 1. The maximum Gasteiger partial charge on any atom is 0.261 e. The van der Waals surface area contributed by atoms with Crippen LogP contribution >= 0.6 is 11.6 Å². The average Bonchev–Trinajstić information content (AvgIpc) is 2.41. The molecule has 0 saturated heterocycles. The van der Waals surface area contributed by atoms with Crippen LogP contribution in [0.5, 0.6) is 0 Å². The summed E-state index contributed by atoms with van der Waals surface area (Å²) in [5, 5.41) is 11.0. The fourth-order valence-corrected chi connectivity index (χ4v) is 2.90. The minimum Gasteiger partial charge on any atom is -0.545 e. The Morgan fingerprint density at radius 2 is 1.80 bits per heavy atom. The van der Waals surface area contributed by atoms with Crippen LogP contribution in [-0.4, -0.2) is 14.4 Å². The summed E-state index contributed by atoms with van der Waals surface area (Å²) in [7, 11) is -3.92. The van der Waals surface area contributed by atoms with Gasteiger partial charge in [-0.2, -0.15) is 0 Å². The number of sulfonamides is 1. The van der Waals surface area contributed by atoms with Crippen molar-refractivity contribution in [2.75, 3.05) is 4.72 Å². The highest BCUT2D eigenvalue weighted by Crippen LogP contribution is 2.24. The second-order valence-corrected chi connectivity index (χ2v) is 5.99. The summed E-state index contributed by atoms with van der Waals surface area (Å²) in [6.45, 7) is 0. The van der Waals surface area contributed by atoms with E-state index in [1.165, 1.54) is 30.3 Å². The molecule has 0 radical (unpaired) electrons. The van der Waals surface area contributed by atoms with Crippen LogP contribution in [0.1, 0.15) is 10.4 Å². The molecule has 0 heterocycles. The minimum atomic E-state index is -3.92. The van der Waals surface area contributed by atoms with Crippen LogP contribution in [0.4, 0.5) is 5.69 Å². The third-order valence-corrected chi connectivity index (χ3v) is 4.19. The number of para-hydroxylation sites is 1. The van der Waals surface area contributed by atoms with Gasteiger partial charge in [0.2, 0.25) is 0 Å². The molecule has 0 saturated carbocycles. The van der Waals surface area contributed by atoms with Gasteiger partial charge in [0.15, 0.2) is 0 Å². The van der Waals surface area contributed by atoms with Gasteiger partial charge in [0.25, 0.3) is 10.0 Å². The molecule has 2 aromatic rings. The fraction of sp³-hybridized carbons (Fsp3) is 0. The zero-order valence-corrected chi connectivity index (χ0v) is 11.6. The zero-order chi connectivity index (χ0) is 14.8. The Balaban J connectivity index is 2.38. The van der Waals surface area contributed by atoms with Crippen molar-refractivity contribution < 1.29 is 18.3 Å². The standard InChI is InChI=1S/C13H10ClNO4S/c14-11-6-1-2-7-12(11)15-20(18,19)10-5-3-4-9(8-10)13(16)17/h1-8,15H,(H,16,17)/p-1. The van der Waals surface area contributed by atoms with Crippen LogP contribution in [0, 0.1) is 0 Å². The number of hydrogen-bond donors (Lipinski definition) is 1. The van der Waals surface area contributed by atoms with Gasteiger partial charge >= 0.3 is 0 Å². The van der Waals surface area contributed by atoms with Gasteiger partial charge in [-0.25, -0.2) is 8.42 Å². The molecule has 0 amide bonds. The lowest BCUT2D eigenvalue weighted by Gasteiger charge is -2.10. The first-order valence-corrected chi connectivity index (χ1v) is 7.35. The number of benzene rings is 2. The van der Waals surface area contributed by atoms with E-state index in [1.54, 1.807) is 12.1 Å².